The summed E-state index contributed by atoms with van der Waals surface area (Å²) in [6, 6.07) is 15.2. The molecule has 0 heterocycles. The molecular weight excluding hydrogens is 268 g/mol. The van der Waals surface area contributed by atoms with E-state index in [1.807, 2.05) is 30.3 Å². The number of nitrogens with zero attached hydrogens (tertiary/aromatic N) is 2. The van der Waals surface area contributed by atoms with Crippen LogP contribution in [0.1, 0.15) is 5.56 Å². The molecule has 0 saturated heterocycles. The number of aliphatic imine (C=N–C) groups is 1. The second-order valence-corrected chi connectivity index (χ2v) is 4.06. The molecular formula is C16H12N2O3. The molecule has 0 unspecified atom stereocenters. The van der Waals surface area contributed by atoms with Crippen molar-refractivity contribution in [3.8, 4) is 11.8 Å². The molecule has 2 aromatic carbocycles. The molecule has 0 aliphatic carbocycles. The van der Waals surface area contributed by atoms with Crippen LogP contribution in [0.4, 0.5) is 11.4 Å². The van der Waals surface area contributed by atoms with E-state index in [1.54, 1.807) is 12.1 Å². The summed E-state index contributed by atoms with van der Waals surface area (Å²) in [4.78, 5) is 14.5. The summed E-state index contributed by atoms with van der Waals surface area (Å²) >= 11 is 0. The third kappa shape index (κ3) is 4.00. The minimum absolute atomic E-state index is 0.0108. The number of aliphatic hydroxyl groups is 1. The third-order valence-corrected chi connectivity index (χ3v) is 2.63. The predicted octanol–water partition coefficient (Wildman–Crippen LogP) is 2.71. The van der Waals surface area contributed by atoms with Gasteiger partial charge in [0.25, 0.3) is 5.69 Å². The maximum absolute atomic E-state index is 10.6. The van der Waals surface area contributed by atoms with Crippen molar-refractivity contribution in [1.82, 2.24) is 0 Å². The van der Waals surface area contributed by atoms with E-state index in [2.05, 4.69) is 16.8 Å². The smallest absolute Gasteiger partial charge is 0.269 e. The third-order valence-electron chi connectivity index (χ3n) is 2.63. The zero-order chi connectivity index (χ0) is 15.1. The first-order chi connectivity index (χ1) is 10.2. The maximum Gasteiger partial charge on any atom is 0.269 e. The van der Waals surface area contributed by atoms with Crippen molar-refractivity contribution >= 4 is 17.1 Å². The Morgan fingerprint density at radius 1 is 1.14 bits per heavy atom. The molecule has 0 saturated carbocycles. The highest BCUT2D eigenvalue weighted by molar-refractivity contribution is 6.14. The molecule has 0 atom stereocenters. The van der Waals surface area contributed by atoms with E-state index in [0.717, 1.165) is 5.56 Å². The average molecular weight is 280 g/mol. The van der Waals surface area contributed by atoms with E-state index in [9.17, 15) is 10.1 Å². The molecule has 0 spiro atoms. The van der Waals surface area contributed by atoms with E-state index < -0.39 is 4.92 Å². The lowest BCUT2D eigenvalue weighted by molar-refractivity contribution is -0.384. The predicted molar refractivity (Wildman–Crippen MR) is 80.6 cm³/mol. The zero-order valence-corrected chi connectivity index (χ0v) is 11.1. The van der Waals surface area contributed by atoms with Gasteiger partial charge in [0.1, 0.15) is 12.3 Å². The molecule has 0 fully saturated rings. The summed E-state index contributed by atoms with van der Waals surface area (Å²) in [5.74, 6) is 5.35. The first-order valence-electron chi connectivity index (χ1n) is 6.19. The Labute approximate surface area is 121 Å². The zero-order valence-electron chi connectivity index (χ0n) is 11.1. The van der Waals surface area contributed by atoms with Crippen LogP contribution < -0.4 is 0 Å². The summed E-state index contributed by atoms with van der Waals surface area (Å²) in [5.41, 5.74) is 1.89. The van der Waals surface area contributed by atoms with Gasteiger partial charge in [-0.05, 0) is 18.1 Å². The van der Waals surface area contributed by atoms with Gasteiger partial charge in [0, 0.05) is 17.7 Å². The molecule has 21 heavy (non-hydrogen) atoms. The number of hydrogen-bond acceptors (Lipinski definition) is 4. The second-order valence-electron chi connectivity index (χ2n) is 4.06. The molecule has 0 radical (unpaired) electrons. The Balaban J connectivity index is 2.38. The van der Waals surface area contributed by atoms with Crippen LogP contribution in [0.2, 0.25) is 0 Å². The molecule has 5 nitrogen and oxygen atoms in total. The molecule has 0 aromatic heterocycles. The molecule has 1 N–H and O–H groups in total. The van der Waals surface area contributed by atoms with Gasteiger partial charge in [-0.2, -0.15) is 0 Å². The Morgan fingerprint density at radius 3 is 2.38 bits per heavy atom. The fourth-order valence-electron chi connectivity index (χ4n) is 1.66. The summed E-state index contributed by atoms with van der Waals surface area (Å²) in [5, 5.41) is 19.4. The maximum atomic E-state index is 10.6. The number of aliphatic hydroxyl groups excluding tert-OH is 1. The molecule has 2 aromatic rings. The highest BCUT2D eigenvalue weighted by Gasteiger charge is 2.04. The van der Waals surface area contributed by atoms with Crippen LogP contribution in [-0.4, -0.2) is 22.3 Å². The first-order valence-corrected chi connectivity index (χ1v) is 6.19. The number of benzene rings is 2. The molecule has 104 valence electrons. The molecule has 5 heteroatoms. The van der Waals surface area contributed by atoms with E-state index >= 15 is 0 Å². The van der Waals surface area contributed by atoms with Gasteiger partial charge in [-0.3, -0.25) is 10.1 Å². The quantitative estimate of drug-likeness (QED) is 0.406. The monoisotopic (exact) mass is 280 g/mol. The minimum atomic E-state index is -0.461. The van der Waals surface area contributed by atoms with Crippen molar-refractivity contribution in [2.45, 2.75) is 0 Å². The van der Waals surface area contributed by atoms with Crippen molar-refractivity contribution in [2.24, 2.45) is 4.99 Å². The number of nitro groups is 1. The average Bonchev–Trinajstić information content (AvgIpc) is 2.52. The highest BCUT2D eigenvalue weighted by atomic mass is 16.6. The molecule has 0 aliphatic heterocycles. The molecule has 0 bridgehead atoms. The van der Waals surface area contributed by atoms with E-state index in [0.29, 0.717) is 11.4 Å². The number of nitro benzene ring substituents is 1. The van der Waals surface area contributed by atoms with Crippen molar-refractivity contribution in [2.75, 3.05) is 6.61 Å². The molecule has 0 amide bonds. The number of rotatable bonds is 3. The number of hydrogen-bond donors (Lipinski definition) is 1. The Hall–Kier alpha value is -2.97. The van der Waals surface area contributed by atoms with Crippen molar-refractivity contribution in [3.63, 3.8) is 0 Å². The van der Waals surface area contributed by atoms with Gasteiger partial charge in [0.05, 0.1) is 10.6 Å². The Morgan fingerprint density at radius 2 is 1.81 bits per heavy atom. The van der Waals surface area contributed by atoms with Gasteiger partial charge in [-0.1, -0.05) is 36.3 Å². The topological polar surface area (TPSA) is 75.7 Å². The van der Waals surface area contributed by atoms with Crippen LogP contribution in [0.5, 0.6) is 0 Å². The summed E-state index contributed by atoms with van der Waals surface area (Å²) in [6.45, 7) is -0.258. The largest absolute Gasteiger partial charge is 0.384 e. The van der Waals surface area contributed by atoms with E-state index in [4.69, 9.17) is 5.11 Å². The summed E-state index contributed by atoms with van der Waals surface area (Å²) < 4.78 is 0. The summed E-state index contributed by atoms with van der Waals surface area (Å²) in [7, 11) is 0. The van der Waals surface area contributed by atoms with Crippen LogP contribution in [0.3, 0.4) is 0 Å². The van der Waals surface area contributed by atoms with Crippen molar-refractivity contribution in [3.05, 3.63) is 70.3 Å². The van der Waals surface area contributed by atoms with Crippen molar-refractivity contribution in [1.29, 1.82) is 0 Å². The van der Waals surface area contributed by atoms with Crippen molar-refractivity contribution < 1.29 is 10.0 Å². The van der Waals surface area contributed by atoms with Gasteiger partial charge in [-0.15, -0.1) is 0 Å². The second kappa shape index (κ2) is 6.98. The van der Waals surface area contributed by atoms with Gasteiger partial charge in [-0.25, -0.2) is 4.99 Å². The minimum Gasteiger partial charge on any atom is -0.384 e. The van der Waals surface area contributed by atoms with Crippen LogP contribution in [-0.2, 0) is 0 Å². The fraction of sp³-hybridized carbons (Fsp3) is 0.0625. The lowest BCUT2D eigenvalue weighted by Gasteiger charge is -2.00. The van der Waals surface area contributed by atoms with Crippen LogP contribution in [0.15, 0.2) is 59.6 Å². The lowest BCUT2D eigenvalue weighted by Crippen LogP contribution is -1.97. The van der Waals surface area contributed by atoms with Gasteiger partial charge in [0.15, 0.2) is 0 Å². The van der Waals surface area contributed by atoms with Gasteiger partial charge in [0.2, 0.25) is 0 Å². The SMILES string of the molecule is O=[N+]([O-])c1ccc(N=C(C#CCO)c2ccccc2)cc1. The van der Waals surface area contributed by atoms with E-state index in [1.165, 1.54) is 12.1 Å². The fourth-order valence-corrected chi connectivity index (χ4v) is 1.66. The van der Waals surface area contributed by atoms with Gasteiger partial charge >= 0.3 is 0 Å². The highest BCUT2D eigenvalue weighted by Crippen LogP contribution is 2.19. The molecule has 0 aliphatic rings. The standard InChI is InChI=1S/C16H12N2O3/c19-12-4-7-16(13-5-2-1-3-6-13)17-14-8-10-15(11-9-14)18(20)21/h1-3,5-6,8-11,19H,12H2. The van der Waals surface area contributed by atoms with Crippen LogP contribution >= 0.6 is 0 Å². The number of non-ortho nitro benzene ring substituents is 1. The summed E-state index contributed by atoms with van der Waals surface area (Å²) in [6.07, 6.45) is 0. The van der Waals surface area contributed by atoms with E-state index in [-0.39, 0.29) is 12.3 Å². The normalized spacial score (nSPS) is 10.6. The van der Waals surface area contributed by atoms with Crippen LogP contribution in [0.25, 0.3) is 0 Å². The Bertz CT molecular complexity index is 711. The Kier molecular flexibility index (Phi) is 4.80. The lowest BCUT2D eigenvalue weighted by atomic mass is 10.1. The molecule has 2 rings (SSSR count). The van der Waals surface area contributed by atoms with Gasteiger partial charge < -0.3 is 5.11 Å². The first kappa shape index (κ1) is 14.4. The van der Waals surface area contributed by atoms with Crippen LogP contribution in [0, 0.1) is 22.0 Å².